The number of anilines is 1. The molecule has 1 heterocycles. The minimum Gasteiger partial charge on any atom is -0.382 e. The smallest absolute Gasteiger partial charge is 0.293 e. The first kappa shape index (κ1) is 15.2. The number of rotatable bonds is 5. The second-order valence-electron chi connectivity index (χ2n) is 5.29. The maximum Gasteiger partial charge on any atom is 0.293 e. The van der Waals surface area contributed by atoms with Gasteiger partial charge in [-0.2, -0.15) is 0 Å². The van der Waals surface area contributed by atoms with Crippen LogP contribution < -0.4 is 10.6 Å². The molecular weight excluding hydrogens is 274 g/mol. The maximum absolute atomic E-state index is 12.3. The van der Waals surface area contributed by atoms with Crippen molar-refractivity contribution in [2.45, 2.75) is 25.4 Å². The lowest BCUT2D eigenvalue weighted by Gasteiger charge is -2.23. The molecule has 21 heavy (non-hydrogen) atoms. The Labute approximate surface area is 122 Å². The minimum absolute atomic E-state index is 0.117. The topological polar surface area (TPSA) is 93.5 Å². The van der Waals surface area contributed by atoms with Gasteiger partial charge in [-0.3, -0.25) is 14.9 Å². The fourth-order valence-electron chi connectivity index (χ4n) is 2.48. The largest absolute Gasteiger partial charge is 0.382 e. The second kappa shape index (κ2) is 6.09. The highest BCUT2D eigenvalue weighted by Gasteiger charge is 2.30. The fraction of sp³-hybridized carbons (Fsp3) is 0.500. The SMILES string of the molecule is CNc1c(C(=O)NCC2(C)CCCO2)cccc1[N+](=O)[O-]. The van der Waals surface area contributed by atoms with E-state index in [4.69, 9.17) is 4.74 Å². The summed E-state index contributed by atoms with van der Waals surface area (Å²) in [6, 6.07) is 4.43. The monoisotopic (exact) mass is 293 g/mol. The van der Waals surface area contributed by atoms with E-state index in [-0.39, 0.29) is 28.4 Å². The number of hydrogen-bond donors (Lipinski definition) is 2. The summed E-state index contributed by atoms with van der Waals surface area (Å²) in [5, 5.41) is 16.5. The number of nitro benzene ring substituents is 1. The number of carbonyl (C=O) groups is 1. The van der Waals surface area contributed by atoms with Crippen molar-refractivity contribution in [1.82, 2.24) is 5.32 Å². The van der Waals surface area contributed by atoms with Gasteiger partial charge < -0.3 is 15.4 Å². The highest BCUT2D eigenvalue weighted by molar-refractivity contribution is 6.01. The van der Waals surface area contributed by atoms with Crippen LogP contribution in [0.15, 0.2) is 18.2 Å². The van der Waals surface area contributed by atoms with E-state index in [1.165, 1.54) is 12.1 Å². The van der Waals surface area contributed by atoms with Crippen molar-refractivity contribution < 1.29 is 14.5 Å². The van der Waals surface area contributed by atoms with E-state index in [2.05, 4.69) is 10.6 Å². The molecule has 2 rings (SSSR count). The zero-order valence-electron chi connectivity index (χ0n) is 12.1. The van der Waals surface area contributed by atoms with Crippen LogP contribution in [0.3, 0.4) is 0 Å². The lowest BCUT2D eigenvalue weighted by molar-refractivity contribution is -0.384. The number of hydrogen-bond acceptors (Lipinski definition) is 5. The zero-order chi connectivity index (χ0) is 15.5. The Morgan fingerprint density at radius 1 is 1.52 bits per heavy atom. The number of ether oxygens (including phenoxy) is 1. The molecule has 2 N–H and O–H groups in total. The fourth-order valence-corrected chi connectivity index (χ4v) is 2.48. The number of nitro groups is 1. The standard InChI is InChI=1S/C14H19N3O4/c1-14(7-4-8-21-14)9-16-13(18)10-5-3-6-11(17(19)20)12(10)15-2/h3,5-6,15H,4,7-9H2,1-2H3,(H,16,18). The molecule has 1 amide bonds. The molecule has 1 aliphatic rings. The van der Waals surface area contributed by atoms with E-state index in [9.17, 15) is 14.9 Å². The summed E-state index contributed by atoms with van der Waals surface area (Å²) in [6.45, 7) is 3.04. The van der Waals surface area contributed by atoms with Crippen LogP contribution in [-0.4, -0.2) is 36.6 Å². The molecule has 1 unspecified atom stereocenters. The molecule has 1 fully saturated rings. The molecule has 7 heteroatoms. The quantitative estimate of drug-likeness (QED) is 0.639. The van der Waals surface area contributed by atoms with E-state index in [1.807, 2.05) is 6.92 Å². The number of para-hydroxylation sites is 1. The molecule has 1 aromatic carbocycles. The Bertz CT molecular complexity index is 553. The summed E-state index contributed by atoms with van der Waals surface area (Å²) in [5.74, 6) is -0.347. The predicted octanol–water partition coefficient (Wildman–Crippen LogP) is 1.94. The van der Waals surface area contributed by atoms with Gasteiger partial charge in [0.25, 0.3) is 11.6 Å². The lowest BCUT2D eigenvalue weighted by atomic mass is 10.0. The van der Waals surface area contributed by atoms with Crippen LogP contribution in [0.1, 0.15) is 30.1 Å². The second-order valence-corrected chi connectivity index (χ2v) is 5.29. The highest BCUT2D eigenvalue weighted by Crippen LogP contribution is 2.28. The number of nitrogens with zero attached hydrogens (tertiary/aromatic N) is 1. The zero-order valence-corrected chi connectivity index (χ0v) is 12.1. The number of amides is 1. The Morgan fingerprint density at radius 2 is 2.29 bits per heavy atom. The van der Waals surface area contributed by atoms with Gasteiger partial charge in [0.05, 0.1) is 16.1 Å². The first-order valence-corrected chi connectivity index (χ1v) is 6.84. The van der Waals surface area contributed by atoms with Crippen LogP contribution in [0, 0.1) is 10.1 Å². The van der Waals surface area contributed by atoms with E-state index in [0.717, 1.165) is 12.8 Å². The van der Waals surface area contributed by atoms with Crippen LogP contribution in [0.2, 0.25) is 0 Å². The summed E-state index contributed by atoms with van der Waals surface area (Å²) in [7, 11) is 1.56. The molecule has 0 spiro atoms. The first-order chi connectivity index (χ1) is 9.97. The molecule has 0 radical (unpaired) electrons. The Balaban J connectivity index is 2.15. The summed E-state index contributed by atoms with van der Waals surface area (Å²) >= 11 is 0. The Kier molecular flexibility index (Phi) is 4.42. The van der Waals surface area contributed by atoms with Gasteiger partial charge in [0.15, 0.2) is 0 Å². The van der Waals surface area contributed by atoms with Crippen molar-refractivity contribution in [2.24, 2.45) is 0 Å². The summed E-state index contributed by atoms with van der Waals surface area (Å²) < 4.78 is 5.61. The van der Waals surface area contributed by atoms with Gasteiger partial charge in [0, 0.05) is 26.3 Å². The third-order valence-electron chi connectivity index (χ3n) is 3.66. The number of nitrogens with one attached hydrogen (secondary N) is 2. The molecule has 1 aliphatic heterocycles. The molecule has 0 aromatic heterocycles. The molecule has 1 aromatic rings. The van der Waals surface area contributed by atoms with Crippen LogP contribution in [-0.2, 0) is 4.74 Å². The van der Waals surface area contributed by atoms with Crippen LogP contribution in [0.4, 0.5) is 11.4 Å². The third kappa shape index (κ3) is 3.30. The molecule has 1 saturated heterocycles. The van der Waals surface area contributed by atoms with Gasteiger partial charge in [0.2, 0.25) is 0 Å². The summed E-state index contributed by atoms with van der Waals surface area (Å²) in [4.78, 5) is 22.7. The molecule has 7 nitrogen and oxygen atoms in total. The third-order valence-corrected chi connectivity index (χ3v) is 3.66. The Morgan fingerprint density at radius 3 is 2.86 bits per heavy atom. The van der Waals surface area contributed by atoms with E-state index >= 15 is 0 Å². The summed E-state index contributed by atoms with van der Waals surface area (Å²) in [6.07, 6.45) is 1.87. The van der Waals surface area contributed by atoms with E-state index in [1.54, 1.807) is 13.1 Å². The molecule has 0 aliphatic carbocycles. The van der Waals surface area contributed by atoms with Crippen LogP contribution >= 0.6 is 0 Å². The number of benzene rings is 1. The van der Waals surface area contributed by atoms with Crippen LogP contribution in [0.5, 0.6) is 0 Å². The van der Waals surface area contributed by atoms with Crippen molar-refractivity contribution in [3.63, 3.8) is 0 Å². The molecule has 0 saturated carbocycles. The maximum atomic E-state index is 12.3. The molecular formula is C14H19N3O4. The van der Waals surface area contributed by atoms with Gasteiger partial charge in [-0.1, -0.05) is 6.07 Å². The highest BCUT2D eigenvalue weighted by atomic mass is 16.6. The van der Waals surface area contributed by atoms with Crippen LogP contribution in [0.25, 0.3) is 0 Å². The van der Waals surface area contributed by atoms with Crippen molar-refractivity contribution in [3.8, 4) is 0 Å². The van der Waals surface area contributed by atoms with E-state index in [0.29, 0.717) is 13.2 Å². The van der Waals surface area contributed by atoms with Gasteiger partial charge in [-0.15, -0.1) is 0 Å². The normalized spacial score (nSPS) is 21.0. The van der Waals surface area contributed by atoms with Gasteiger partial charge in [-0.25, -0.2) is 0 Å². The number of carbonyl (C=O) groups excluding carboxylic acids is 1. The van der Waals surface area contributed by atoms with Gasteiger partial charge in [-0.05, 0) is 25.8 Å². The minimum atomic E-state index is -0.510. The molecule has 0 bridgehead atoms. The van der Waals surface area contributed by atoms with Crippen molar-refractivity contribution in [3.05, 3.63) is 33.9 Å². The average molecular weight is 293 g/mol. The summed E-state index contributed by atoms with van der Waals surface area (Å²) in [5.41, 5.74) is 0.00942. The Hall–Kier alpha value is -2.15. The first-order valence-electron chi connectivity index (χ1n) is 6.84. The van der Waals surface area contributed by atoms with Crippen molar-refractivity contribution >= 4 is 17.3 Å². The van der Waals surface area contributed by atoms with Gasteiger partial charge in [0.1, 0.15) is 5.69 Å². The molecule has 1 atom stereocenters. The molecule has 114 valence electrons. The predicted molar refractivity (Wildman–Crippen MR) is 78.6 cm³/mol. The average Bonchev–Trinajstić information content (AvgIpc) is 2.91. The van der Waals surface area contributed by atoms with Crippen molar-refractivity contribution in [2.75, 3.05) is 25.5 Å². The van der Waals surface area contributed by atoms with Gasteiger partial charge >= 0.3 is 0 Å². The van der Waals surface area contributed by atoms with Crippen molar-refractivity contribution in [1.29, 1.82) is 0 Å². The van der Waals surface area contributed by atoms with E-state index < -0.39 is 4.92 Å². The lowest BCUT2D eigenvalue weighted by Crippen LogP contribution is -2.40.